The Balaban J connectivity index is 1.59. The van der Waals surface area contributed by atoms with Crippen LogP contribution in [-0.2, 0) is 26.4 Å². The lowest BCUT2D eigenvalue weighted by Crippen LogP contribution is -2.28. The Labute approximate surface area is 124 Å². The molecule has 2 aromatic rings. The number of fused-ring (bicyclic) bond motifs is 1. The third kappa shape index (κ3) is 3.13. The molecule has 2 heterocycles. The summed E-state index contributed by atoms with van der Waals surface area (Å²) in [5.74, 6) is -0.00876. The van der Waals surface area contributed by atoms with Gasteiger partial charge in [0.2, 0.25) is 0 Å². The number of aryl methyl sites for hydroxylation is 1. The Hall–Kier alpha value is -2.14. The lowest BCUT2D eigenvalue weighted by atomic mass is 9.98. The molecule has 1 aliphatic heterocycles. The van der Waals surface area contributed by atoms with Crippen molar-refractivity contribution in [3.63, 3.8) is 0 Å². The average Bonchev–Trinajstić information content (AvgIpc) is 2.92. The normalized spacial score (nSPS) is 13.8. The fourth-order valence-corrected chi connectivity index (χ4v) is 2.67. The van der Waals surface area contributed by atoms with Crippen LogP contribution in [0.1, 0.15) is 27.2 Å². The summed E-state index contributed by atoms with van der Waals surface area (Å²) in [5, 5.41) is 10.4. The van der Waals surface area contributed by atoms with Gasteiger partial charge in [-0.25, -0.2) is 0 Å². The van der Waals surface area contributed by atoms with E-state index >= 15 is 0 Å². The van der Waals surface area contributed by atoms with E-state index in [4.69, 9.17) is 0 Å². The highest BCUT2D eigenvalue weighted by Gasteiger charge is 2.12. The van der Waals surface area contributed by atoms with Crippen molar-refractivity contribution in [3.8, 4) is 0 Å². The van der Waals surface area contributed by atoms with E-state index in [9.17, 15) is 4.79 Å². The van der Waals surface area contributed by atoms with E-state index < -0.39 is 0 Å². The zero-order valence-electron chi connectivity index (χ0n) is 12.2. The summed E-state index contributed by atoms with van der Waals surface area (Å²) in [6, 6.07) is 7.97. The van der Waals surface area contributed by atoms with Crippen molar-refractivity contribution in [1.29, 1.82) is 0 Å². The molecule has 0 radical (unpaired) electrons. The minimum Gasteiger partial charge on any atom is -0.352 e. The summed E-state index contributed by atoms with van der Waals surface area (Å²) in [6.07, 6.45) is 3.60. The molecule has 0 saturated carbocycles. The van der Waals surface area contributed by atoms with Crippen LogP contribution >= 0.6 is 0 Å². The van der Waals surface area contributed by atoms with E-state index in [1.807, 2.05) is 29.9 Å². The third-order valence-electron chi connectivity index (χ3n) is 3.94. The summed E-state index contributed by atoms with van der Waals surface area (Å²) in [6.45, 7) is 2.49. The van der Waals surface area contributed by atoms with Crippen LogP contribution in [0.25, 0.3) is 0 Å². The van der Waals surface area contributed by atoms with Crippen molar-refractivity contribution < 1.29 is 4.79 Å². The maximum Gasteiger partial charge on any atom is 0.251 e. The summed E-state index contributed by atoms with van der Waals surface area (Å²) in [4.78, 5) is 12.2. The van der Waals surface area contributed by atoms with Crippen LogP contribution in [0.2, 0.25) is 0 Å². The molecule has 1 amide bonds. The molecule has 0 unspecified atom stereocenters. The molecule has 5 nitrogen and oxygen atoms in total. The van der Waals surface area contributed by atoms with Gasteiger partial charge in [0.05, 0.1) is 0 Å². The molecular formula is C16H20N4O. The van der Waals surface area contributed by atoms with E-state index in [-0.39, 0.29) is 5.91 Å². The highest BCUT2D eigenvalue weighted by molar-refractivity contribution is 5.94. The van der Waals surface area contributed by atoms with Gasteiger partial charge in [-0.1, -0.05) is 6.07 Å². The molecule has 0 bridgehead atoms. The first-order valence-electron chi connectivity index (χ1n) is 7.31. The Bertz CT molecular complexity index is 647. The molecule has 0 atom stereocenters. The second kappa shape index (κ2) is 6.10. The number of benzene rings is 1. The first-order valence-corrected chi connectivity index (χ1v) is 7.31. The van der Waals surface area contributed by atoms with Crippen molar-refractivity contribution in [2.45, 2.75) is 19.4 Å². The van der Waals surface area contributed by atoms with Gasteiger partial charge in [-0.3, -0.25) is 9.48 Å². The van der Waals surface area contributed by atoms with Gasteiger partial charge in [-0.2, -0.15) is 5.10 Å². The fraction of sp³-hybridized carbons (Fsp3) is 0.375. The number of hydrogen-bond acceptors (Lipinski definition) is 3. The lowest BCUT2D eigenvalue weighted by molar-refractivity contribution is 0.0954. The quantitative estimate of drug-likeness (QED) is 0.882. The molecule has 1 aliphatic rings. The van der Waals surface area contributed by atoms with Crippen LogP contribution in [0.4, 0.5) is 0 Å². The zero-order chi connectivity index (χ0) is 14.7. The summed E-state index contributed by atoms with van der Waals surface area (Å²) >= 11 is 0. The number of hydrogen-bond donors (Lipinski definition) is 2. The molecule has 110 valence electrons. The first kappa shape index (κ1) is 13.8. The first-order chi connectivity index (χ1) is 10.2. The monoisotopic (exact) mass is 284 g/mol. The number of amides is 1. The predicted octanol–water partition coefficient (Wildman–Crippen LogP) is 1.04. The fourth-order valence-electron chi connectivity index (χ4n) is 2.67. The van der Waals surface area contributed by atoms with Crippen LogP contribution in [0, 0.1) is 0 Å². The molecule has 0 aliphatic carbocycles. The standard InChI is InChI=1S/C16H20N4O/c1-20-15(6-9-19-20)5-8-18-16(21)13-3-2-12-4-7-17-11-14(12)10-13/h2-3,6,9-10,17H,4-5,7-8,11H2,1H3,(H,18,21). The molecule has 0 saturated heterocycles. The Morgan fingerprint density at radius 3 is 3.10 bits per heavy atom. The van der Waals surface area contributed by atoms with Crippen molar-refractivity contribution in [3.05, 3.63) is 52.8 Å². The maximum absolute atomic E-state index is 12.2. The topological polar surface area (TPSA) is 59.0 Å². The largest absolute Gasteiger partial charge is 0.352 e. The molecular weight excluding hydrogens is 264 g/mol. The van der Waals surface area contributed by atoms with Crippen molar-refractivity contribution >= 4 is 5.91 Å². The van der Waals surface area contributed by atoms with Crippen LogP contribution in [0.5, 0.6) is 0 Å². The van der Waals surface area contributed by atoms with E-state index in [0.717, 1.165) is 37.2 Å². The van der Waals surface area contributed by atoms with E-state index in [0.29, 0.717) is 6.54 Å². The van der Waals surface area contributed by atoms with Gasteiger partial charge in [0, 0.05) is 44.0 Å². The second-order valence-electron chi connectivity index (χ2n) is 5.36. The summed E-state index contributed by atoms with van der Waals surface area (Å²) in [5.41, 5.74) is 4.44. The van der Waals surface area contributed by atoms with Crippen LogP contribution in [0.3, 0.4) is 0 Å². The minimum absolute atomic E-state index is 0.00876. The third-order valence-corrected chi connectivity index (χ3v) is 3.94. The van der Waals surface area contributed by atoms with Crippen LogP contribution < -0.4 is 10.6 Å². The maximum atomic E-state index is 12.2. The van der Waals surface area contributed by atoms with Gasteiger partial charge in [-0.05, 0) is 42.3 Å². The smallest absolute Gasteiger partial charge is 0.251 e. The summed E-state index contributed by atoms with van der Waals surface area (Å²) < 4.78 is 1.83. The molecule has 0 fully saturated rings. The minimum atomic E-state index is -0.00876. The lowest BCUT2D eigenvalue weighted by Gasteiger charge is -2.17. The van der Waals surface area contributed by atoms with Gasteiger partial charge in [0.25, 0.3) is 5.91 Å². The average molecular weight is 284 g/mol. The second-order valence-corrected chi connectivity index (χ2v) is 5.36. The Morgan fingerprint density at radius 2 is 2.29 bits per heavy atom. The predicted molar refractivity (Wildman–Crippen MR) is 81.1 cm³/mol. The van der Waals surface area contributed by atoms with Crippen molar-refractivity contribution in [1.82, 2.24) is 20.4 Å². The highest BCUT2D eigenvalue weighted by Crippen LogP contribution is 2.15. The van der Waals surface area contributed by atoms with E-state index in [2.05, 4.69) is 21.8 Å². The van der Waals surface area contributed by atoms with Gasteiger partial charge >= 0.3 is 0 Å². The number of nitrogens with zero attached hydrogens (tertiary/aromatic N) is 2. The van der Waals surface area contributed by atoms with E-state index in [1.54, 1.807) is 6.20 Å². The molecule has 0 spiro atoms. The highest BCUT2D eigenvalue weighted by atomic mass is 16.1. The Morgan fingerprint density at radius 1 is 1.38 bits per heavy atom. The van der Waals surface area contributed by atoms with Gasteiger partial charge in [0.1, 0.15) is 0 Å². The molecule has 1 aromatic heterocycles. The van der Waals surface area contributed by atoms with Crippen molar-refractivity contribution in [2.75, 3.05) is 13.1 Å². The SMILES string of the molecule is Cn1nccc1CCNC(=O)c1ccc2c(c1)CNCC2. The number of carbonyl (C=O) groups excluding carboxylic acids is 1. The number of carbonyl (C=O) groups is 1. The Kier molecular flexibility index (Phi) is 4.01. The van der Waals surface area contributed by atoms with E-state index in [1.165, 1.54) is 11.1 Å². The summed E-state index contributed by atoms with van der Waals surface area (Å²) in [7, 11) is 1.91. The van der Waals surface area contributed by atoms with Gasteiger partial charge < -0.3 is 10.6 Å². The molecule has 1 aromatic carbocycles. The van der Waals surface area contributed by atoms with Crippen molar-refractivity contribution in [2.24, 2.45) is 7.05 Å². The number of rotatable bonds is 4. The molecule has 21 heavy (non-hydrogen) atoms. The zero-order valence-corrected chi connectivity index (χ0v) is 12.2. The molecule has 3 rings (SSSR count). The number of aromatic nitrogens is 2. The molecule has 5 heteroatoms. The van der Waals surface area contributed by atoms with Crippen LogP contribution in [0.15, 0.2) is 30.5 Å². The van der Waals surface area contributed by atoms with Gasteiger partial charge in [-0.15, -0.1) is 0 Å². The van der Waals surface area contributed by atoms with Gasteiger partial charge in [0.15, 0.2) is 0 Å². The number of nitrogens with one attached hydrogen (secondary N) is 2. The molecule has 2 N–H and O–H groups in total. The van der Waals surface area contributed by atoms with Crippen LogP contribution in [-0.4, -0.2) is 28.8 Å².